The first kappa shape index (κ1) is 15.8. The van der Waals surface area contributed by atoms with Crippen molar-refractivity contribution in [3.8, 4) is 0 Å². The largest absolute Gasteiger partial charge is 0.368 e. The van der Waals surface area contributed by atoms with Gasteiger partial charge in [-0.2, -0.15) is 0 Å². The van der Waals surface area contributed by atoms with Crippen LogP contribution in [0.25, 0.3) is 10.9 Å². The molecular weight excluding hydrogens is 346 g/mol. The van der Waals surface area contributed by atoms with E-state index in [2.05, 4.69) is 21.3 Å². The standard InChI is InChI=1S/C20H19N3O2S/c24-26(25,16-6-2-1-3-7-16)17-9-14-5-4-8-19(20(14)22-11-17)23-12-15-10-21-18(15)13-23/h1-9,11,15,18,21H,10,12-13H2/t15-,18-/m1/s1. The Bertz CT molecular complexity index is 1070. The zero-order chi connectivity index (χ0) is 17.7. The van der Waals surface area contributed by atoms with Crippen molar-refractivity contribution in [2.45, 2.75) is 15.8 Å². The van der Waals surface area contributed by atoms with Crippen LogP contribution in [0.1, 0.15) is 0 Å². The topological polar surface area (TPSA) is 62.3 Å². The van der Waals surface area contributed by atoms with E-state index < -0.39 is 9.84 Å². The van der Waals surface area contributed by atoms with Crippen molar-refractivity contribution < 1.29 is 8.42 Å². The van der Waals surface area contributed by atoms with Crippen molar-refractivity contribution in [2.24, 2.45) is 5.92 Å². The number of hydrogen-bond donors (Lipinski definition) is 1. The number of sulfone groups is 1. The van der Waals surface area contributed by atoms with E-state index in [1.54, 1.807) is 30.3 Å². The van der Waals surface area contributed by atoms with E-state index in [-0.39, 0.29) is 4.90 Å². The van der Waals surface area contributed by atoms with Crippen LogP contribution in [-0.4, -0.2) is 39.1 Å². The molecule has 2 aliphatic heterocycles. The highest BCUT2D eigenvalue weighted by Gasteiger charge is 2.39. The van der Waals surface area contributed by atoms with Crippen molar-refractivity contribution in [2.75, 3.05) is 24.5 Å². The second-order valence-electron chi connectivity index (χ2n) is 7.02. The summed E-state index contributed by atoms with van der Waals surface area (Å²) in [5.41, 5.74) is 1.95. The number of nitrogens with one attached hydrogen (secondary N) is 1. The lowest BCUT2D eigenvalue weighted by molar-refractivity contribution is 0.297. The molecule has 26 heavy (non-hydrogen) atoms. The zero-order valence-electron chi connectivity index (χ0n) is 14.2. The van der Waals surface area contributed by atoms with Crippen molar-refractivity contribution in [1.29, 1.82) is 0 Å². The number of para-hydroxylation sites is 1. The summed E-state index contributed by atoms with van der Waals surface area (Å²) in [5.74, 6) is 0.711. The Morgan fingerprint density at radius 3 is 2.54 bits per heavy atom. The third-order valence-electron chi connectivity index (χ3n) is 5.45. The summed E-state index contributed by atoms with van der Waals surface area (Å²) in [6.07, 6.45) is 1.48. The summed E-state index contributed by atoms with van der Waals surface area (Å²) >= 11 is 0. The van der Waals surface area contributed by atoms with Crippen LogP contribution < -0.4 is 10.2 Å². The van der Waals surface area contributed by atoms with Crippen LogP contribution in [0.2, 0.25) is 0 Å². The fourth-order valence-corrected chi connectivity index (χ4v) is 5.17. The number of nitrogens with zero attached hydrogens (tertiary/aromatic N) is 2. The van der Waals surface area contributed by atoms with Gasteiger partial charge in [0, 0.05) is 43.2 Å². The maximum atomic E-state index is 12.9. The molecule has 2 atom stereocenters. The second kappa shape index (κ2) is 5.79. The molecular formula is C20H19N3O2S. The molecule has 2 aliphatic rings. The molecule has 2 fully saturated rings. The fourth-order valence-electron chi connectivity index (χ4n) is 3.91. The van der Waals surface area contributed by atoms with Crippen molar-refractivity contribution in [3.05, 3.63) is 60.8 Å². The Hall–Kier alpha value is -2.44. The van der Waals surface area contributed by atoms with E-state index in [0.29, 0.717) is 16.9 Å². The SMILES string of the molecule is O=S(=O)(c1ccccc1)c1cnc2c(N3C[C@H]4CN[C@@H]4C3)cccc2c1. The molecule has 0 bridgehead atoms. The van der Waals surface area contributed by atoms with E-state index >= 15 is 0 Å². The molecule has 5 nitrogen and oxygen atoms in total. The fraction of sp³-hybridized carbons (Fsp3) is 0.250. The van der Waals surface area contributed by atoms with E-state index in [9.17, 15) is 8.42 Å². The van der Waals surface area contributed by atoms with Gasteiger partial charge in [0.05, 0.1) is 21.0 Å². The minimum Gasteiger partial charge on any atom is -0.368 e. The maximum absolute atomic E-state index is 12.9. The molecule has 5 rings (SSSR count). The van der Waals surface area contributed by atoms with Crippen molar-refractivity contribution in [1.82, 2.24) is 10.3 Å². The lowest BCUT2D eigenvalue weighted by Crippen LogP contribution is -2.51. The maximum Gasteiger partial charge on any atom is 0.208 e. The minimum absolute atomic E-state index is 0.233. The molecule has 3 aromatic rings. The summed E-state index contributed by atoms with van der Waals surface area (Å²) in [6.45, 7) is 3.09. The van der Waals surface area contributed by atoms with Crippen LogP contribution in [0, 0.1) is 5.92 Å². The highest BCUT2D eigenvalue weighted by molar-refractivity contribution is 7.91. The van der Waals surface area contributed by atoms with E-state index in [0.717, 1.165) is 36.2 Å². The molecule has 0 amide bonds. The summed E-state index contributed by atoms with van der Waals surface area (Å²) in [7, 11) is -3.56. The smallest absolute Gasteiger partial charge is 0.208 e. The average molecular weight is 365 g/mol. The molecule has 0 radical (unpaired) electrons. The van der Waals surface area contributed by atoms with Gasteiger partial charge in [0.25, 0.3) is 0 Å². The second-order valence-corrected chi connectivity index (χ2v) is 8.97. The van der Waals surface area contributed by atoms with Gasteiger partial charge in [0.2, 0.25) is 9.84 Å². The molecule has 2 saturated heterocycles. The van der Waals surface area contributed by atoms with Gasteiger partial charge in [-0.1, -0.05) is 30.3 Å². The molecule has 2 aromatic carbocycles. The number of hydrogen-bond acceptors (Lipinski definition) is 5. The minimum atomic E-state index is -3.56. The molecule has 1 aromatic heterocycles. The van der Waals surface area contributed by atoms with Crippen molar-refractivity contribution in [3.63, 3.8) is 0 Å². The molecule has 1 N–H and O–H groups in total. The summed E-state index contributed by atoms with van der Waals surface area (Å²) in [5, 5.41) is 4.31. The summed E-state index contributed by atoms with van der Waals surface area (Å²) in [6, 6.07) is 16.8. The lowest BCUT2D eigenvalue weighted by Gasteiger charge is -2.29. The predicted octanol–water partition coefficient (Wildman–Crippen LogP) is 2.48. The van der Waals surface area contributed by atoms with E-state index in [1.165, 1.54) is 6.20 Å². The molecule has 0 unspecified atom stereocenters. The number of anilines is 1. The van der Waals surface area contributed by atoms with Crippen LogP contribution in [0.5, 0.6) is 0 Å². The highest BCUT2D eigenvalue weighted by Crippen LogP contribution is 2.33. The normalized spacial score (nSPS) is 22.2. The van der Waals surface area contributed by atoms with Gasteiger partial charge in [-0.15, -0.1) is 0 Å². The third-order valence-corrected chi connectivity index (χ3v) is 7.19. The van der Waals surface area contributed by atoms with Crippen molar-refractivity contribution >= 4 is 26.4 Å². The molecule has 132 valence electrons. The Labute approximate surface area is 152 Å². The monoisotopic (exact) mass is 365 g/mol. The average Bonchev–Trinajstić information content (AvgIpc) is 2.96. The third kappa shape index (κ3) is 2.40. The van der Waals surface area contributed by atoms with Gasteiger partial charge >= 0.3 is 0 Å². The first-order valence-corrected chi connectivity index (χ1v) is 10.3. The Morgan fingerprint density at radius 2 is 1.85 bits per heavy atom. The summed E-state index contributed by atoms with van der Waals surface area (Å²) < 4.78 is 25.7. The molecule has 3 heterocycles. The first-order chi connectivity index (χ1) is 12.6. The number of benzene rings is 2. The number of aromatic nitrogens is 1. The Balaban J connectivity index is 1.57. The van der Waals surface area contributed by atoms with Gasteiger partial charge in [-0.3, -0.25) is 4.98 Å². The van der Waals surface area contributed by atoms with Gasteiger partial charge in [-0.25, -0.2) is 8.42 Å². The Morgan fingerprint density at radius 1 is 1.00 bits per heavy atom. The highest BCUT2D eigenvalue weighted by atomic mass is 32.2. The van der Waals surface area contributed by atoms with E-state index in [4.69, 9.17) is 0 Å². The number of pyridine rings is 1. The van der Waals surface area contributed by atoms with Gasteiger partial charge in [0.1, 0.15) is 0 Å². The van der Waals surface area contributed by atoms with Gasteiger partial charge in [0.15, 0.2) is 0 Å². The van der Waals surface area contributed by atoms with Crippen LogP contribution in [0.3, 0.4) is 0 Å². The lowest BCUT2D eigenvalue weighted by atomic mass is 9.96. The predicted molar refractivity (Wildman–Crippen MR) is 101 cm³/mol. The molecule has 0 spiro atoms. The van der Waals surface area contributed by atoms with Crippen LogP contribution in [0.4, 0.5) is 5.69 Å². The van der Waals surface area contributed by atoms with Gasteiger partial charge < -0.3 is 10.2 Å². The van der Waals surface area contributed by atoms with Gasteiger partial charge in [-0.05, 0) is 24.3 Å². The molecule has 0 aliphatic carbocycles. The van der Waals surface area contributed by atoms with Crippen LogP contribution in [-0.2, 0) is 9.84 Å². The van der Waals surface area contributed by atoms with Crippen LogP contribution in [0.15, 0.2) is 70.6 Å². The summed E-state index contributed by atoms with van der Waals surface area (Å²) in [4.78, 5) is 7.43. The zero-order valence-corrected chi connectivity index (χ0v) is 15.0. The number of fused-ring (bicyclic) bond motifs is 2. The van der Waals surface area contributed by atoms with E-state index in [1.807, 2.05) is 18.2 Å². The number of rotatable bonds is 3. The Kier molecular flexibility index (Phi) is 3.52. The first-order valence-electron chi connectivity index (χ1n) is 8.80. The molecule has 0 saturated carbocycles. The quantitative estimate of drug-likeness (QED) is 0.773. The molecule has 6 heteroatoms. The van der Waals surface area contributed by atoms with Crippen LogP contribution >= 0.6 is 0 Å².